The summed E-state index contributed by atoms with van der Waals surface area (Å²) < 4.78 is 11.9. The highest BCUT2D eigenvalue weighted by Crippen LogP contribution is 2.42. The topological polar surface area (TPSA) is 34.6 Å². The fourth-order valence-electron chi connectivity index (χ4n) is 3.78. The Morgan fingerprint density at radius 2 is 2.21 bits per heavy atom. The monoisotopic (exact) mass is 344 g/mol. The quantitative estimate of drug-likeness (QED) is 0.830. The highest BCUT2D eigenvalue weighted by molar-refractivity contribution is 7.09. The molecule has 4 nitrogen and oxygen atoms in total. The summed E-state index contributed by atoms with van der Waals surface area (Å²) in [6.07, 6.45) is 7.34. The van der Waals surface area contributed by atoms with E-state index in [1.807, 2.05) is 23.5 Å². The predicted molar refractivity (Wildman–Crippen MR) is 95.4 cm³/mol. The molecule has 128 valence electrons. The van der Waals surface area contributed by atoms with Crippen molar-refractivity contribution in [3.63, 3.8) is 0 Å². The highest BCUT2D eigenvalue weighted by Gasteiger charge is 2.42. The summed E-state index contributed by atoms with van der Waals surface area (Å²) >= 11 is 1.86. The molecule has 0 amide bonds. The molecule has 2 aliphatic rings. The second kappa shape index (κ2) is 7.21. The molecule has 5 heteroatoms. The third kappa shape index (κ3) is 3.79. The second-order valence-corrected chi connectivity index (χ2v) is 8.02. The van der Waals surface area contributed by atoms with Gasteiger partial charge < -0.3 is 9.47 Å². The fraction of sp³-hybridized carbons (Fsp3) is 0.526. The SMILES string of the molecule is c1cncc(OCC2CC3(CCN(Cc4cccs4)CC3)CO2)c1. The summed E-state index contributed by atoms with van der Waals surface area (Å²) in [5.74, 6) is 0.827. The number of ether oxygens (including phenoxy) is 2. The van der Waals surface area contributed by atoms with Crippen LogP contribution < -0.4 is 4.74 Å². The Morgan fingerprint density at radius 3 is 2.96 bits per heavy atom. The van der Waals surface area contributed by atoms with Crippen LogP contribution in [0.15, 0.2) is 42.0 Å². The second-order valence-electron chi connectivity index (χ2n) is 6.99. The zero-order chi connectivity index (χ0) is 16.2. The summed E-state index contributed by atoms with van der Waals surface area (Å²) in [4.78, 5) is 8.13. The van der Waals surface area contributed by atoms with Crippen molar-refractivity contribution in [2.45, 2.75) is 31.9 Å². The minimum absolute atomic E-state index is 0.217. The van der Waals surface area contributed by atoms with Gasteiger partial charge in [0.2, 0.25) is 0 Å². The number of nitrogens with zero attached hydrogens (tertiary/aromatic N) is 2. The zero-order valence-corrected chi connectivity index (χ0v) is 14.7. The molecule has 0 aromatic carbocycles. The van der Waals surface area contributed by atoms with Gasteiger partial charge in [-0.25, -0.2) is 0 Å². The Bertz CT molecular complexity index is 624. The van der Waals surface area contributed by atoms with Crippen LogP contribution in [0.2, 0.25) is 0 Å². The first-order valence-corrected chi connectivity index (χ1v) is 9.59. The first-order valence-electron chi connectivity index (χ1n) is 8.71. The van der Waals surface area contributed by atoms with Crippen LogP contribution in [0.5, 0.6) is 5.75 Å². The number of likely N-dealkylation sites (tertiary alicyclic amines) is 1. The average Bonchev–Trinajstić information content (AvgIpc) is 3.27. The van der Waals surface area contributed by atoms with Crippen LogP contribution in [-0.4, -0.2) is 42.3 Å². The average molecular weight is 344 g/mol. The Kier molecular flexibility index (Phi) is 4.83. The molecule has 0 radical (unpaired) electrons. The number of pyridine rings is 1. The van der Waals surface area contributed by atoms with Crippen molar-refractivity contribution in [2.24, 2.45) is 5.41 Å². The molecular formula is C19H24N2O2S. The summed E-state index contributed by atoms with van der Waals surface area (Å²) in [7, 11) is 0. The minimum atomic E-state index is 0.217. The molecule has 0 aliphatic carbocycles. The van der Waals surface area contributed by atoms with Gasteiger partial charge >= 0.3 is 0 Å². The van der Waals surface area contributed by atoms with Crippen molar-refractivity contribution in [3.8, 4) is 5.75 Å². The summed E-state index contributed by atoms with van der Waals surface area (Å²) in [6, 6.07) is 8.22. The van der Waals surface area contributed by atoms with Crippen molar-refractivity contribution >= 4 is 11.3 Å². The third-order valence-electron chi connectivity index (χ3n) is 5.23. The fourth-order valence-corrected chi connectivity index (χ4v) is 4.53. The number of hydrogen-bond acceptors (Lipinski definition) is 5. The molecule has 24 heavy (non-hydrogen) atoms. The van der Waals surface area contributed by atoms with Crippen molar-refractivity contribution in [3.05, 3.63) is 46.9 Å². The Morgan fingerprint density at radius 1 is 1.29 bits per heavy atom. The summed E-state index contributed by atoms with van der Waals surface area (Å²) in [5, 5.41) is 2.17. The molecule has 1 spiro atoms. The van der Waals surface area contributed by atoms with E-state index in [0.717, 1.165) is 25.3 Å². The molecule has 2 fully saturated rings. The molecule has 1 unspecified atom stereocenters. The minimum Gasteiger partial charge on any atom is -0.489 e. The number of thiophene rings is 1. The standard InChI is InChI=1S/C19H24N2O2S/c1-3-16(12-20-7-1)22-14-17-11-19(15-23-17)5-8-21(9-6-19)13-18-4-2-10-24-18/h1-4,7,10,12,17H,5-6,8-9,11,13-15H2. The van der Waals surface area contributed by atoms with E-state index in [2.05, 4.69) is 27.4 Å². The van der Waals surface area contributed by atoms with Gasteiger partial charge in [-0.05, 0) is 61.3 Å². The Labute approximate surface area is 147 Å². The maximum absolute atomic E-state index is 6.05. The van der Waals surface area contributed by atoms with Gasteiger partial charge in [-0.1, -0.05) is 6.07 Å². The van der Waals surface area contributed by atoms with Crippen LogP contribution in [0.4, 0.5) is 0 Å². The zero-order valence-electron chi connectivity index (χ0n) is 13.9. The molecule has 2 saturated heterocycles. The van der Waals surface area contributed by atoms with E-state index in [9.17, 15) is 0 Å². The largest absolute Gasteiger partial charge is 0.489 e. The Balaban J connectivity index is 1.24. The van der Waals surface area contributed by atoms with Gasteiger partial charge in [0.05, 0.1) is 18.9 Å². The van der Waals surface area contributed by atoms with Crippen LogP contribution in [0.1, 0.15) is 24.1 Å². The molecular weight excluding hydrogens is 320 g/mol. The Hall–Kier alpha value is -1.43. The molecule has 1 atom stereocenters. The first-order chi connectivity index (χ1) is 11.8. The van der Waals surface area contributed by atoms with E-state index in [-0.39, 0.29) is 6.10 Å². The molecule has 0 N–H and O–H groups in total. The van der Waals surface area contributed by atoms with Crippen LogP contribution in [0.3, 0.4) is 0 Å². The van der Waals surface area contributed by atoms with Gasteiger partial charge in [-0.15, -0.1) is 11.3 Å². The maximum atomic E-state index is 6.05. The summed E-state index contributed by atoms with van der Waals surface area (Å²) in [5.41, 5.74) is 0.370. The van der Waals surface area contributed by atoms with E-state index in [1.54, 1.807) is 12.4 Å². The molecule has 4 rings (SSSR count). The van der Waals surface area contributed by atoms with Gasteiger partial charge in [0, 0.05) is 17.6 Å². The maximum Gasteiger partial charge on any atom is 0.137 e. The normalized spacial score (nSPS) is 23.6. The molecule has 0 bridgehead atoms. The lowest BCUT2D eigenvalue weighted by Crippen LogP contribution is -2.40. The lowest BCUT2D eigenvalue weighted by molar-refractivity contribution is 0.0471. The van der Waals surface area contributed by atoms with Gasteiger partial charge in [0.25, 0.3) is 0 Å². The van der Waals surface area contributed by atoms with Crippen molar-refractivity contribution in [1.82, 2.24) is 9.88 Å². The smallest absolute Gasteiger partial charge is 0.137 e. The lowest BCUT2D eigenvalue weighted by Gasteiger charge is -2.38. The van der Waals surface area contributed by atoms with E-state index in [4.69, 9.17) is 9.47 Å². The molecule has 2 aromatic rings. The number of rotatable bonds is 5. The van der Waals surface area contributed by atoms with Gasteiger partial charge in [0.15, 0.2) is 0 Å². The van der Waals surface area contributed by atoms with Gasteiger partial charge in [0.1, 0.15) is 12.4 Å². The summed E-state index contributed by atoms with van der Waals surface area (Å²) in [6.45, 7) is 4.98. The molecule has 0 saturated carbocycles. The highest BCUT2D eigenvalue weighted by atomic mass is 32.1. The molecule has 4 heterocycles. The van der Waals surface area contributed by atoms with Crippen molar-refractivity contribution in [1.29, 1.82) is 0 Å². The number of aromatic nitrogens is 1. The number of hydrogen-bond donors (Lipinski definition) is 0. The van der Waals surface area contributed by atoms with Gasteiger partial charge in [-0.3, -0.25) is 9.88 Å². The van der Waals surface area contributed by atoms with Crippen LogP contribution >= 0.6 is 11.3 Å². The van der Waals surface area contributed by atoms with Gasteiger partial charge in [-0.2, -0.15) is 0 Å². The lowest BCUT2D eigenvalue weighted by atomic mass is 9.76. The van der Waals surface area contributed by atoms with E-state index in [0.29, 0.717) is 12.0 Å². The van der Waals surface area contributed by atoms with E-state index in [1.165, 1.54) is 30.8 Å². The van der Waals surface area contributed by atoms with Crippen LogP contribution in [-0.2, 0) is 11.3 Å². The van der Waals surface area contributed by atoms with E-state index < -0.39 is 0 Å². The first kappa shape index (κ1) is 16.1. The third-order valence-corrected chi connectivity index (χ3v) is 6.09. The van der Waals surface area contributed by atoms with E-state index >= 15 is 0 Å². The van der Waals surface area contributed by atoms with Crippen molar-refractivity contribution in [2.75, 3.05) is 26.3 Å². The van der Waals surface area contributed by atoms with Crippen LogP contribution in [0, 0.1) is 5.41 Å². The van der Waals surface area contributed by atoms with Crippen molar-refractivity contribution < 1.29 is 9.47 Å². The van der Waals surface area contributed by atoms with Crippen LogP contribution in [0.25, 0.3) is 0 Å². The molecule has 2 aromatic heterocycles. The molecule has 2 aliphatic heterocycles. The predicted octanol–water partition coefficient (Wildman–Crippen LogP) is 3.59. The number of piperidine rings is 1.